The summed E-state index contributed by atoms with van der Waals surface area (Å²) in [5, 5.41) is 0. The standard InChI is InChI=1S/C10H22N2O/c1-9(2)7-10(11)8-12-3-5-13-6-4-12/h9-10H,3-8,11H2,1-2H3/t10-/m1/s1. The molecule has 1 rings (SSSR count). The highest BCUT2D eigenvalue weighted by molar-refractivity contribution is 4.71. The van der Waals surface area contributed by atoms with Gasteiger partial charge in [0.1, 0.15) is 0 Å². The zero-order valence-electron chi connectivity index (χ0n) is 8.83. The van der Waals surface area contributed by atoms with Crippen LogP contribution in [0, 0.1) is 5.92 Å². The zero-order valence-corrected chi connectivity index (χ0v) is 8.83. The van der Waals surface area contributed by atoms with Gasteiger partial charge in [-0.25, -0.2) is 0 Å². The molecule has 78 valence electrons. The van der Waals surface area contributed by atoms with Crippen LogP contribution in [0.1, 0.15) is 20.3 Å². The molecule has 0 aliphatic carbocycles. The Labute approximate surface area is 81.2 Å². The molecular weight excluding hydrogens is 164 g/mol. The molecule has 0 aromatic heterocycles. The lowest BCUT2D eigenvalue weighted by Gasteiger charge is -2.29. The molecular formula is C10H22N2O. The summed E-state index contributed by atoms with van der Waals surface area (Å²) < 4.78 is 5.28. The number of rotatable bonds is 4. The van der Waals surface area contributed by atoms with Crippen LogP contribution in [0.3, 0.4) is 0 Å². The third kappa shape index (κ3) is 4.60. The van der Waals surface area contributed by atoms with Crippen molar-refractivity contribution in [1.29, 1.82) is 0 Å². The summed E-state index contributed by atoms with van der Waals surface area (Å²) in [7, 11) is 0. The van der Waals surface area contributed by atoms with Gasteiger partial charge in [0.25, 0.3) is 0 Å². The van der Waals surface area contributed by atoms with Gasteiger partial charge in [-0.15, -0.1) is 0 Å². The van der Waals surface area contributed by atoms with E-state index in [9.17, 15) is 0 Å². The summed E-state index contributed by atoms with van der Waals surface area (Å²) in [5.41, 5.74) is 6.02. The van der Waals surface area contributed by atoms with Gasteiger partial charge in [-0.2, -0.15) is 0 Å². The molecule has 1 aliphatic heterocycles. The van der Waals surface area contributed by atoms with Crippen molar-refractivity contribution in [3.8, 4) is 0 Å². The summed E-state index contributed by atoms with van der Waals surface area (Å²) in [5.74, 6) is 0.705. The molecule has 0 spiro atoms. The Morgan fingerprint density at radius 1 is 1.31 bits per heavy atom. The van der Waals surface area contributed by atoms with E-state index in [0.29, 0.717) is 12.0 Å². The van der Waals surface area contributed by atoms with Gasteiger partial charge in [-0.1, -0.05) is 13.8 Å². The first kappa shape index (κ1) is 11.0. The number of morpholine rings is 1. The first-order valence-electron chi connectivity index (χ1n) is 5.24. The maximum Gasteiger partial charge on any atom is 0.0594 e. The van der Waals surface area contributed by atoms with Gasteiger partial charge in [-0.05, 0) is 12.3 Å². The van der Waals surface area contributed by atoms with Crippen molar-refractivity contribution < 1.29 is 4.74 Å². The fraction of sp³-hybridized carbons (Fsp3) is 1.00. The molecule has 1 heterocycles. The molecule has 2 N–H and O–H groups in total. The van der Waals surface area contributed by atoms with Crippen LogP contribution >= 0.6 is 0 Å². The number of hydrogen-bond acceptors (Lipinski definition) is 3. The summed E-state index contributed by atoms with van der Waals surface area (Å²) >= 11 is 0. The third-order valence-corrected chi connectivity index (χ3v) is 2.37. The van der Waals surface area contributed by atoms with Crippen LogP contribution in [-0.2, 0) is 4.74 Å². The maximum absolute atomic E-state index is 6.02. The van der Waals surface area contributed by atoms with Crippen LogP contribution in [0.5, 0.6) is 0 Å². The van der Waals surface area contributed by atoms with Crippen molar-refractivity contribution in [2.45, 2.75) is 26.3 Å². The first-order chi connectivity index (χ1) is 6.18. The van der Waals surface area contributed by atoms with Crippen LogP contribution in [0.2, 0.25) is 0 Å². The summed E-state index contributed by atoms with van der Waals surface area (Å²) in [6, 6.07) is 0.332. The van der Waals surface area contributed by atoms with Gasteiger partial charge < -0.3 is 10.5 Å². The third-order valence-electron chi connectivity index (χ3n) is 2.37. The molecule has 1 fully saturated rings. The van der Waals surface area contributed by atoms with Crippen molar-refractivity contribution in [3.05, 3.63) is 0 Å². The Morgan fingerprint density at radius 3 is 2.46 bits per heavy atom. The van der Waals surface area contributed by atoms with Gasteiger partial charge in [0.15, 0.2) is 0 Å². The largest absolute Gasteiger partial charge is 0.379 e. The fourth-order valence-corrected chi connectivity index (χ4v) is 1.80. The van der Waals surface area contributed by atoms with E-state index in [1.165, 1.54) is 0 Å². The lowest BCUT2D eigenvalue weighted by Crippen LogP contribution is -2.44. The normalized spacial score (nSPS) is 22.2. The number of ether oxygens (including phenoxy) is 1. The van der Waals surface area contributed by atoms with Gasteiger partial charge in [0, 0.05) is 25.7 Å². The maximum atomic E-state index is 6.02. The zero-order chi connectivity index (χ0) is 9.68. The van der Waals surface area contributed by atoms with E-state index in [-0.39, 0.29) is 0 Å². The van der Waals surface area contributed by atoms with Gasteiger partial charge in [-0.3, -0.25) is 4.90 Å². The van der Waals surface area contributed by atoms with Crippen LogP contribution in [0.4, 0.5) is 0 Å². The molecule has 3 nitrogen and oxygen atoms in total. The van der Waals surface area contributed by atoms with E-state index in [4.69, 9.17) is 10.5 Å². The molecule has 0 bridgehead atoms. The molecule has 1 atom stereocenters. The summed E-state index contributed by atoms with van der Waals surface area (Å²) in [6.45, 7) is 9.31. The van der Waals surface area contributed by atoms with Crippen molar-refractivity contribution in [2.75, 3.05) is 32.8 Å². The average molecular weight is 186 g/mol. The summed E-state index contributed by atoms with van der Waals surface area (Å²) in [6.07, 6.45) is 1.12. The quantitative estimate of drug-likeness (QED) is 0.702. The van der Waals surface area contributed by atoms with E-state index in [2.05, 4.69) is 18.7 Å². The molecule has 1 aliphatic rings. The highest BCUT2D eigenvalue weighted by Crippen LogP contribution is 2.05. The first-order valence-corrected chi connectivity index (χ1v) is 5.24. The second kappa shape index (κ2) is 5.58. The Balaban J connectivity index is 2.14. The van der Waals surface area contributed by atoms with Crippen LogP contribution in [0.25, 0.3) is 0 Å². The Kier molecular flexibility index (Phi) is 4.70. The smallest absolute Gasteiger partial charge is 0.0594 e. The van der Waals surface area contributed by atoms with E-state index in [1.54, 1.807) is 0 Å². The van der Waals surface area contributed by atoms with Crippen molar-refractivity contribution in [3.63, 3.8) is 0 Å². The molecule has 1 saturated heterocycles. The topological polar surface area (TPSA) is 38.5 Å². The second-order valence-electron chi connectivity index (χ2n) is 4.30. The van der Waals surface area contributed by atoms with Crippen molar-refractivity contribution in [2.24, 2.45) is 11.7 Å². The number of nitrogens with zero attached hydrogens (tertiary/aromatic N) is 1. The predicted molar refractivity (Wildman–Crippen MR) is 54.7 cm³/mol. The Morgan fingerprint density at radius 2 is 1.92 bits per heavy atom. The molecule has 0 amide bonds. The highest BCUT2D eigenvalue weighted by Gasteiger charge is 2.14. The Bertz CT molecular complexity index is 133. The number of nitrogens with two attached hydrogens (primary N) is 1. The minimum absolute atomic E-state index is 0.332. The highest BCUT2D eigenvalue weighted by atomic mass is 16.5. The molecule has 3 heteroatoms. The molecule has 0 unspecified atom stereocenters. The van der Waals surface area contributed by atoms with Crippen LogP contribution < -0.4 is 5.73 Å². The monoisotopic (exact) mass is 186 g/mol. The van der Waals surface area contributed by atoms with E-state index < -0.39 is 0 Å². The van der Waals surface area contributed by atoms with Crippen LogP contribution in [-0.4, -0.2) is 43.8 Å². The van der Waals surface area contributed by atoms with E-state index in [1.807, 2.05) is 0 Å². The van der Waals surface area contributed by atoms with Gasteiger partial charge in [0.2, 0.25) is 0 Å². The Hall–Kier alpha value is -0.120. The predicted octanol–water partition coefficient (Wildman–Crippen LogP) is 0.692. The number of hydrogen-bond donors (Lipinski definition) is 1. The van der Waals surface area contributed by atoms with E-state index in [0.717, 1.165) is 39.3 Å². The fourth-order valence-electron chi connectivity index (χ4n) is 1.80. The summed E-state index contributed by atoms with van der Waals surface area (Å²) in [4.78, 5) is 2.40. The minimum atomic E-state index is 0.332. The van der Waals surface area contributed by atoms with Gasteiger partial charge in [0.05, 0.1) is 13.2 Å². The average Bonchev–Trinajstić information content (AvgIpc) is 2.04. The lowest BCUT2D eigenvalue weighted by atomic mass is 10.0. The second-order valence-corrected chi connectivity index (χ2v) is 4.30. The molecule has 0 saturated carbocycles. The van der Waals surface area contributed by atoms with Crippen molar-refractivity contribution >= 4 is 0 Å². The molecule has 0 aromatic rings. The van der Waals surface area contributed by atoms with Crippen LogP contribution in [0.15, 0.2) is 0 Å². The van der Waals surface area contributed by atoms with E-state index >= 15 is 0 Å². The molecule has 13 heavy (non-hydrogen) atoms. The molecule has 0 aromatic carbocycles. The SMILES string of the molecule is CC(C)C[C@@H](N)CN1CCOCC1. The minimum Gasteiger partial charge on any atom is -0.379 e. The lowest BCUT2D eigenvalue weighted by molar-refractivity contribution is 0.0345. The molecule has 0 radical (unpaired) electrons. The van der Waals surface area contributed by atoms with Gasteiger partial charge >= 0.3 is 0 Å². The van der Waals surface area contributed by atoms with Crippen molar-refractivity contribution in [1.82, 2.24) is 4.90 Å².